The van der Waals surface area contributed by atoms with Crippen LogP contribution in [-0.2, 0) is 9.59 Å². The van der Waals surface area contributed by atoms with Gasteiger partial charge in [-0.15, -0.1) is 0 Å². The lowest BCUT2D eigenvalue weighted by Gasteiger charge is -2.09. The molecule has 1 amide bonds. The van der Waals surface area contributed by atoms with Gasteiger partial charge in [0.15, 0.2) is 11.5 Å². The summed E-state index contributed by atoms with van der Waals surface area (Å²) < 4.78 is 10.1. The second-order valence-electron chi connectivity index (χ2n) is 3.52. The molecule has 0 aliphatic rings. The average molecular weight is 269 g/mol. The highest BCUT2D eigenvalue weighted by atomic mass is 32.1. The molecule has 1 rings (SSSR count). The summed E-state index contributed by atoms with van der Waals surface area (Å²) in [6, 6.07) is 6.77. The van der Waals surface area contributed by atoms with E-state index in [1.165, 1.54) is 7.11 Å². The summed E-state index contributed by atoms with van der Waals surface area (Å²) in [7, 11) is 1.48. The molecule has 1 atom stereocenters. The van der Waals surface area contributed by atoms with E-state index in [-0.39, 0.29) is 12.5 Å². The molecule has 0 aromatic heterocycles. The first kappa shape index (κ1) is 14.4. The van der Waals surface area contributed by atoms with E-state index in [9.17, 15) is 9.59 Å². The predicted octanol–water partition coefficient (Wildman–Crippen LogP) is 1.04. The standard InChI is InChI=1S/C12H15NO4S/c1-8(18)12(15)13-7-11(14)17-10-6-4-3-5-9(10)16-2/h3-6,8,18H,7H2,1-2H3,(H,13,15). The second kappa shape index (κ2) is 6.90. The SMILES string of the molecule is COc1ccccc1OC(=O)CNC(=O)C(C)S. The number of hydrogen-bond donors (Lipinski definition) is 2. The number of nitrogens with one attached hydrogen (secondary N) is 1. The number of para-hydroxylation sites is 2. The van der Waals surface area contributed by atoms with Crippen LogP contribution in [0.5, 0.6) is 11.5 Å². The summed E-state index contributed by atoms with van der Waals surface area (Å²) in [6.45, 7) is 1.41. The average Bonchev–Trinajstić information content (AvgIpc) is 2.36. The Labute approximate surface area is 111 Å². The van der Waals surface area contributed by atoms with Crippen molar-refractivity contribution in [3.63, 3.8) is 0 Å². The van der Waals surface area contributed by atoms with Crippen LogP contribution in [0.25, 0.3) is 0 Å². The van der Waals surface area contributed by atoms with Gasteiger partial charge in [0.05, 0.1) is 12.4 Å². The van der Waals surface area contributed by atoms with Crippen LogP contribution < -0.4 is 14.8 Å². The molecule has 1 unspecified atom stereocenters. The molecule has 6 heteroatoms. The zero-order valence-corrected chi connectivity index (χ0v) is 11.1. The number of rotatable bonds is 5. The molecule has 1 aromatic carbocycles. The maximum atomic E-state index is 11.5. The van der Waals surface area contributed by atoms with E-state index in [2.05, 4.69) is 17.9 Å². The largest absolute Gasteiger partial charge is 0.493 e. The molecule has 18 heavy (non-hydrogen) atoms. The van der Waals surface area contributed by atoms with Crippen LogP contribution in [-0.4, -0.2) is 30.8 Å². The molecule has 0 bridgehead atoms. The van der Waals surface area contributed by atoms with Crippen molar-refractivity contribution >= 4 is 24.5 Å². The number of hydrogen-bond acceptors (Lipinski definition) is 5. The first-order valence-electron chi connectivity index (χ1n) is 5.34. The number of carbonyl (C=O) groups excluding carboxylic acids is 2. The molecular weight excluding hydrogens is 254 g/mol. The highest BCUT2D eigenvalue weighted by Crippen LogP contribution is 2.25. The van der Waals surface area contributed by atoms with E-state index in [1.807, 2.05) is 0 Å². The molecule has 0 radical (unpaired) electrons. The van der Waals surface area contributed by atoms with Crippen LogP contribution >= 0.6 is 12.6 Å². The van der Waals surface area contributed by atoms with Gasteiger partial charge in [0.1, 0.15) is 6.54 Å². The minimum atomic E-state index is -0.568. The van der Waals surface area contributed by atoms with Crippen molar-refractivity contribution in [2.75, 3.05) is 13.7 Å². The Morgan fingerprint density at radius 1 is 1.33 bits per heavy atom. The molecule has 98 valence electrons. The van der Waals surface area contributed by atoms with E-state index in [1.54, 1.807) is 31.2 Å². The molecule has 0 aliphatic heterocycles. The summed E-state index contributed by atoms with van der Waals surface area (Å²) in [6.07, 6.45) is 0. The van der Waals surface area contributed by atoms with Crippen LogP contribution in [0.2, 0.25) is 0 Å². The minimum absolute atomic E-state index is 0.207. The van der Waals surface area contributed by atoms with Gasteiger partial charge in [-0.05, 0) is 19.1 Å². The predicted molar refractivity (Wildman–Crippen MR) is 70.1 cm³/mol. The molecule has 0 heterocycles. The molecule has 0 aliphatic carbocycles. The Kier molecular flexibility index (Phi) is 5.51. The topological polar surface area (TPSA) is 64.6 Å². The third-order valence-electron chi connectivity index (χ3n) is 2.08. The van der Waals surface area contributed by atoms with Gasteiger partial charge in [0, 0.05) is 0 Å². The fourth-order valence-corrected chi connectivity index (χ4v) is 1.26. The van der Waals surface area contributed by atoms with Crippen molar-refractivity contribution in [3.05, 3.63) is 24.3 Å². The van der Waals surface area contributed by atoms with Gasteiger partial charge in [-0.1, -0.05) is 12.1 Å². The first-order valence-corrected chi connectivity index (χ1v) is 5.85. The van der Waals surface area contributed by atoms with Crippen LogP contribution in [0.4, 0.5) is 0 Å². The Balaban J connectivity index is 2.52. The van der Waals surface area contributed by atoms with Gasteiger partial charge >= 0.3 is 5.97 Å². The number of thiol groups is 1. The number of methoxy groups -OCH3 is 1. The van der Waals surface area contributed by atoms with Crippen LogP contribution in [0.15, 0.2) is 24.3 Å². The van der Waals surface area contributed by atoms with Crippen LogP contribution in [0, 0.1) is 0 Å². The van der Waals surface area contributed by atoms with Crippen molar-refractivity contribution < 1.29 is 19.1 Å². The molecule has 0 spiro atoms. The normalized spacial score (nSPS) is 11.5. The number of ether oxygens (including phenoxy) is 2. The third kappa shape index (κ3) is 4.29. The molecular formula is C12H15NO4S. The van der Waals surface area contributed by atoms with Gasteiger partial charge in [-0.2, -0.15) is 12.6 Å². The molecule has 0 fully saturated rings. The van der Waals surface area contributed by atoms with E-state index in [4.69, 9.17) is 9.47 Å². The summed E-state index contributed by atoms with van der Waals surface area (Å²) in [5.74, 6) is -0.116. The lowest BCUT2D eigenvalue weighted by Crippen LogP contribution is -2.35. The Hall–Kier alpha value is -1.69. The van der Waals surface area contributed by atoms with Crippen molar-refractivity contribution in [1.29, 1.82) is 0 Å². The van der Waals surface area contributed by atoms with E-state index >= 15 is 0 Å². The zero-order valence-electron chi connectivity index (χ0n) is 10.2. The van der Waals surface area contributed by atoms with Crippen molar-refractivity contribution in [1.82, 2.24) is 5.32 Å². The fraction of sp³-hybridized carbons (Fsp3) is 0.333. The summed E-state index contributed by atoms with van der Waals surface area (Å²) >= 11 is 3.94. The third-order valence-corrected chi connectivity index (χ3v) is 2.31. The number of carbonyl (C=O) groups is 2. The molecule has 0 saturated carbocycles. The molecule has 1 aromatic rings. The smallest absolute Gasteiger partial charge is 0.330 e. The van der Waals surface area contributed by atoms with Crippen LogP contribution in [0.3, 0.4) is 0 Å². The minimum Gasteiger partial charge on any atom is -0.493 e. The quantitative estimate of drug-likeness (QED) is 0.476. The highest BCUT2D eigenvalue weighted by Gasteiger charge is 2.12. The lowest BCUT2D eigenvalue weighted by molar-refractivity contribution is -0.135. The van der Waals surface area contributed by atoms with Crippen molar-refractivity contribution in [2.24, 2.45) is 0 Å². The van der Waals surface area contributed by atoms with Crippen molar-refractivity contribution in [2.45, 2.75) is 12.2 Å². The summed E-state index contributed by atoms with van der Waals surface area (Å²) in [5.41, 5.74) is 0. The van der Waals surface area contributed by atoms with E-state index in [0.717, 1.165) is 0 Å². The number of benzene rings is 1. The maximum Gasteiger partial charge on any atom is 0.330 e. The monoisotopic (exact) mass is 269 g/mol. The second-order valence-corrected chi connectivity index (χ2v) is 4.29. The lowest BCUT2D eigenvalue weighted by atomic mass is 10.3. The Morgan fingerprint density at radius 3 is 2.50 bits per heavy atom. The number of esters is 1. The molecule has 0 saturated heterocycles. The molecule has 5 nitrogen and oxygen atoms in total. The zero-order chi connectivity index (χ0) is 13.5. The maximum absolute atomic E-state index is 11.5. The van der Waals surface area contributed by atoms with Gasteiger partial charge in [-0.3, -0.25) is 4.79 Å². The van der Waals surface area contributed by atoms with Gasteiger partial charge in [0.25, 0.3) is 0 Å². The highest BCUT2D eigenvalue weighted by molar-refractivity contribution is 7.81. The fourth-order valence-electron chi connectivity index (χ4n) is 1.17. The molecule has 1 N–H and O–H groups in total. The summed E-state index contributed by atoms with van der Waals surface area (Å²) in [4.78, 5) is 22.7. The van der Waals surface area contributed by atoms with Crippen molar-refractivity contribution in [3.8, 4) is 11.5 Å². The first-order chi connectivity index (χ1) is 8.54. The van der Waals surface area contributed by atoms with Crippen LogP contribution in [0.1, 0.15) is 6.92 Å². The van der Waals surface area contributed by atoms with E-state index in [0.29, 0.717) is 11.5 Å². The summed E-state index contributed by atoms with van der Waals surface area (Å²) in [5, 5.41) is 1.94. The number of amides is 1. The van der Waals surface area contributed by atoms with Gasteiger partial charge in [-0.25, -0.2) is 4.79 Å². The van der Waals surface area contributed by atoms with Gasteiger partial charge in [0.2, 0.25) is 5.91 Å². The van der Waals surface area contributed by atoms with Gasteiger partial charge < -0.3 is 14.8 Å². The van der Waals surface area contributed by atoms with E-state index < -0.39 is 11.2 Å². The Bertz CT molecular complexity index is 434. The Morgan fingerprint density at radius 2 is 1.94 bits per heavy atom.